The van der Waals surface area contributed by atoms with Crippen molar-refractivity contribution in [1.82, 2.24) is 16.0 Å². The summed E-state index contributed by atoms with van der Waals surface area (Å²) < 4.78 is 16.2. The van der Waals surface area contributed by atoms with Crippen LogP contribution in [0, 0.1) is 11.8 Å². The lowest BCUT2D eigenvalue weighted by atomic mass is 9.96. The summed E-state index contributed by atoms with van der Waals surface area (Å²) in [6.07, 6.45) is 5.60. The molecule has 3 amide bonds. The van der Waals surface area contributed by atoms with Crippen molar-refractivity contribution in [2.24, 2.45) is 11.8 Å². The number of aliphatic hydroxyl groups excluding tert-OH is 1. The normalized spacial score (nSPS) is 12.5. The number of amides is 3. The van der Waals surface area contributed by atoms with Gasteiger partial charge in [0.1, 0.15) is 13.2 Å². The maximum atomic E-state index is 13.4. The number of aliphatic hydroxyl groups is 1. The zero-order valence-corrected chi connectivity index (χ0v) is 27.8. The minimum absolute atomic E-state index is 0.0469. The van der Waals surface area contributed by atoms with E-state index in [1.54, 1.807) is 12.2 Å². The largest absolute Gasteiger partial charge is 0.463 e. The van der Waals surface area contributed by atoms with E-state index in [4.69, 9.17) is 19.3 Å². The van der Waals surface area contributed by atoms with Crippen LogP contribution in [0.3, 0.4) is 0 Å². The molecule has 2 aromatic rings. The van der Waals surface area contributed by atoms with Gasteiger partial charge in [-0.15, -0.1) is 13.2 Å². The minimum atomic E-state index is -0.674. The molecule has 48 heavy (non-hydrogen) atoms. The molecule has 0 radical (unpaired) electrons. The molecular weight excluding hydrogens is 614 g/mol. The first-order valence-corrected chi connectivity index (χ1v) is 16.5. The van der Waals surface area contributed by atoms with Crippen molar-refractivity contribution in [3.05, 3.63) is 97.1 Å². The van der Waals surface area contributed by atoms with Gasteiger partial charge in [-0.3, -0.25) is 14.4 Å². The number of unbranched alkanes of at least 4 members (excludes halogenated alkanes) is 1. The number of carbonyl (C=O) groups is 4. The molecule has 0 aliphatic rings. The predicted octanol–water partition coefficient (Wildman–Crippen LogP) is 4.25. The zero-order chi connectivity index (χ0) is 34.8. The molecule has 11 heteroatoms. The first-order chi connectivity index (χ1) is 23.4. The van der Waals surface area contributed by atoms with E-state index in [2.05, 4.69) is 29.1 Å². The van der Waals surface area contributed by atoms with Gasteiger partial charge in [-0.2, -0.15) is 0 Å². The summed E-state index contributed by atoms with van der Waals surface area (Å²) in [5.41, 5.74) is 1.89. The van der Waals surface area contributed by atoms with Crippen LogP contribution in [0.15, 0.2) is 86.0 Å². The van der Waals surface area contributed by atoms with Crippen molar-refractivity contribution in [1.29, 1.82) is 0 Å². The highest BCUT2D eigenvalue weighted by Gasteiger charge is 2.25. The van der Waals surface area contributed by atoms with Gasteiger partial charge in [0.25, 0.3) is 0 Å². The Kier molecular flexibility index (Phi) is 20.4. The molecular formula is C37H51N3O8. The summed E-state index contributed by atoms with van der Waals surface area (Å²) in [5, 5.41) is 17.2. The fourth-order valence-electron chi connectivity index (χ4n) is 4.87. The van der Waals surface area contributed by atoms with Gasteiger partial charge in [0.15, 0.2) is 0 Å². The van der Waals surface area contributed by atoms with Crippen LogP contribution in [0.1, 0.15) is 49.7 Å². The molecule has 2 aromatic carbocycles. The first-order valence-electron chi connectivity index (χ1n) is 16.5. The monoisotopic (exact) mass is 665 g/mol. The number of ether oxygens (including phenoxy) is 3. The minimum Gasteiger partial charge on any atom is -0.463 e. The molecule has 0 saturated carbocycles. The number of benzene rings is 2. The van der Waals surface area contributed by atoms with Crippen LogP contribution in [0.5, 0.6) is 0 Å². The summed E-state index contributed by atoms with van der Waals surface area (Å²) in [5.74, 6) is -2.15. The van der Waals surface area contributed by atoms with Crippen LogP contribution in [0.25, 0.3) is 0 Å². The van der Waals surface area contributed by atoms with Crippen LogP contribution in [0.4, 0.5) is 4.79 Å². The van der Waals surface area contributed by atoms with Gasteiger partial charge >= 0.3 is 12.1 Å². The van der Waals surface area contributed by atoms with Crippen LogP contribution in [0.2, 0.25) is 0 Å². The van der Waals surface area contributed by atoms with Gasteiger partial charge in [-0.05, 0) is 49.7 Å². The number of hydrogen-bond donors (Lipinski definition) is 4. The van der Waals surface area contributed by atoms with Gasteiger partial charge in [0.2, 0.25) is 11.8 Å². The maximum absolute atomic E-state index is 13.4. The molecule has 262 valence electrons. The predicted molar refractivity (Wildman–Crippen MR) is 184 cm³/mol. The standard InChI is InChI=1S/C37H51N3O8/c1-3-13-31(26-34(42)38-21-23-46-24-22-41)35(43)40-33(19-11-12-20-39-37(45)48-27-30-17-9-6-10-18-30)28-47-36(44)32(14-4-2)25-29-15-7-5-8-16-29/h3-10,15-18,31-33,41H,1-2,11-14,19-28H2,(H,38,42)(H,39,45)(H,40,43). The van der Waals surface area contributed by atoms with E-state index in [1.165, 1.54) is 0 Å². The van der Waals surface area contributed by atoms with Gasteiger partial charge < -0.3 is 35.3 Å². The van der Waals surface area contributed by atoms with E-state index in [0.717, 1.165) is 11.1 Å². The SMILES string of the molecule is C=CCC(CC(=O)NCCOCCO)C(=O)NC(CCCCNC(=O)OCc1ccccc1)COC(=O)C(CC=C)Cc1ccccc1. The molecule has 3 atom stereocenters. The number of nitrogens with one attached hydrogen (secondary N) is 3. The average Bonchev–Trinajstić information content (AvgIpc) is 3.09. The molecule has 0 heterocycles. The van der Waals surface area contributed by atoms with Gasteiger partial charge in [-0.25, -0.2) is 4.79 Å². The van der Waals surface area contributed by atoms with Crippen molar-refractivity contribution >= 4 is 23.9 Å². The Balaban J connectivity index is 1.95. The lowest BCUT2D eigenvalue weighted by Gasteiger charge is -2.23. The van der Waals surface area contributed by atoms with Crippen molar-refractivity contribution in [3.8, 4) is 0 Å². The lowest BCUT2D eigenvalue weighted by molar-refractivity contribution is -0.150. The second-order valence-electron chi connectivity index (χ2n) is 11.3. The van der Waals surface area contributed by atoms with Crippen LogP contribution < -0.4 is 16.0 Å². The molecule has 0 saturated heterocycles. The topological polar surface area (TPSA) is 152 Å². The summed E-state index contributed by atoms with van der Waals surface area (Å²) in [6.45, 7) is 8.58. The lowest BCUT2D eigenvalue weighted by Crippen LogP contribution is -2.43. The fraction of sp³-hybridized carbons (Fsp3) is 0.459. The molecule has 0 aromatic heterocycles. The molecule has 2 rings (SSSR count). The second kappa shape index (κ2) is 24.7. The van der Waals surface area contributed by atoms with E-state index in [9.17, 15) is 19.2 Å². The maximum Gasteiger partial charge on any atom is 0.407 e. The van der Waals surface area contributed by atoms with E-state index >= 15 is 0 Å². The smallest absolute Gasteiger partial charge is 0.407 e. The Bertz CT molecular complexity index is 1240. The molecule has 0 bridgehead atoms. The molecule has 11 nitrogen and oxygen atoms in total. The Hall–Kier alpha value is -4.48. The Morgan fingerprint density at radius 1 is 0.792 bits per heavy atom. The Morgan fingerprint density at radius 3 is 2.12 bits per heavy atom. The van der Waals surface area contributed by atoms with Crippen LogP contribution in [-0.2, 0) is 41.6 Å². The van der Waals surface area contributed by atoms with Gasteiger partial charge in [-0.1, -0.05) is 72.8 Å². The van der Waals surface area contributed by atoms with Crippen LogP contribution >= 0.6 is 0 Å². The molecule has 4 N–H and O–H groups in total. The number of esters is 1. The van der Waals surface area contributed by atoms with Gasteiger partial charge in [0, 0.05) is 19.5 Å². The third-order valence-electron chi connectivity index (χ3n) is 7.40. The zero-order valence-electron chi connectivity index (χ0n) is 27.8. The molecule has 0 aliphatic heterocycles. The van der Waals surface area contributed by atoms with E-state index < -0.39 is 24.0 Å². The first kappa shape index (κ1) is 39.7. The highest BCUT2D eigenvalue weighted by Crippen LogP contribution is 2.16. The Labute approximate surface area is 284 Å². The average molecular weight is 666 g/mol. The summed E-state index contributed by atoms with van der Waals surface area (Å²) in [7, 11) is 0. The number of hydrogen-bond acceptors (Lipinski definition) is 8. The highest BCUT2D eigenvalue weighted by molar-refractivity contribution is 5.86. The van der Waals surface area contributed by atoms with Crippen molar-refractivity contribution in [2.75, 3.05) is 39.5 Å². The third-order valence-corrected chi connectivity index (χ3v) is 7.40. The molecule has 3 unspecified atom stereocenters. The number of allylic oxidation sites excluding steroid dienone is 2. The van der Waals surface area contributed by atoms with Crippen molar-refractivity contribution in [3.63, 3.8) is 0 Å². The summed E-state index contributed by atoms with van der Waals surface area (Å²) >= 11 is 0. The summed E-state index contributed by atoms with van der Waals surface area (Å²) in [6, 6.07) is 18.5. The highest BCUT2D eigenvalue weighted by atomic mass is 16.5. The summed E-state index contributed by atoms with van der Waals surface area (Å²) in [4.78, 5) is 51.2. The van der Waals surface area contributed by atoms with E-state index in [0.29, 0.717) is 38.6 Å². The number of rotatable bonds is 25. The number of alkyl carbamates (subject to hydrolysis) is 1. The Morgan fingerprint density at radius 2 is 1.46 bits per heavy atom. The van der Waals surface area contributed by atoms with Gasteiger partial charge in [0.05, 0.1) is 37.7 Å². The van der Waals surface area contributed by atoms with Crippen molar-refractivity contribution in [2.45, 2.75) is 57.6 Å². The van der Waals surface area contributed by atoms with Crippen molar-refractivity contribution < 1.29 is 38.5 Å². The second-order valence-corrected chi connectivity index (χ2v) is 11.3. The third kappa shape index (κ3) is 17.4. The number of carbonyl (C=O) groups excluding carboxylic acids is 4. The molecule has 0 spiro atoms. The molecule has 0 aliphatic carbocycles. The van der Waals surface area contributed by atoms with E-state index in [1.807, 2.05) is 60.7 Å². The van der Waals surface area contributed by atoms with Crippen LogP contribution in [-0.4, -0.2) is 74.5 Å². The fourth-order valence-corrected chi connectivity index (χ4v) is 4.87. The quantitative estimate of drug-likeness (QED) is 0.0698. The molecule has 0 fully saturated rings. The van der Waals surface area contributed by atoms with E-state index in [-0.39, 0.29) is 70.2 Å².